The highest BCUT2D eigenvalue weighted by atomic mass is 32.1. The lowest BCUT2D eigenvalue weighted by Crippen LogP contribution is -2.42. The minimum absolute atomic E-state index is 0.378. The maximum atomic E-state index is 12.4. The number of amides is 3. The van der Waals surface area contributed by atoms with Crippen LogP contribution in [0.25, 0.3) is 0 Å². The standard InChI is InChI=1S/C17H18N2O4S/c1-3-18-17(22)19-15(20)14(12-7-5-4-6-8-12)23-16(21)13-10-9-11(2)24-13/h4-10,14H,3H2,1-2H3,(H2,18,19,20,22)/t14-/m1/s1. The summed E-state index contributed by atoms with van der Waals surface area (Å²) in [5.74, 6) is -1.30. The molecule has 2 rings (SSSR count). The van der Waals surface area contributed by atoms with Crippen LogP contribution in [0, 0.1) is 6.92 Å². The Kier molecular flexibility index (Phi) is 6.08. The molecule has 24 heavy (non-hydrogen) atoms. The number of aryl methyl sites for hydroxylation is 1. The molecule has 3 amide bonds. The Hall–Kier alpha value is -2.67. The van der Waals surface area contributed by atoms with E-state index in [0.29, 0.717) is 17.0 Å². The number of thiophene rings is 1. The van der Waals surface area contributed by atoms with Crippen LogP contribution in [0.3, 0.4) is 0 Å². The average Bonchev–Trinajstić information content (AvgIpc) is 3.00. The van der Waals surface area contributed by atoms with Crippen LogP contribution in [0.5, 0.6) is 0 Å². The van der Waals surface area contributed by atoms with Crippen molar-refractivity contribution in [3.63, 3.8) is 0 Å². The Morgan fingerprint density at radius 2 is 1.83 bits per heavy atom. The number of imide groups is 1. The number of urea groups is 1. The van der Waals surface area contributed by atoms with Gasteiger partial charge in [0.15, 0.2) is 0 Å². The lowest BCUT2D eigenvalue weighted by atomic mass is 10.1. The quantitative estimate of drug-likeness (QED) is 0.815. The third-order valence-corrected chi connectivity index (χ3v) is 4.06. The van der Waals surface area contributed by atoms with Gasteiger partial charge in [-0.25, -0.2) is 9.59 Å². The fourth-order valence-electron chi connectivity index (χ4n) is 1.99. The largest absolute Gasteiger partial charge is 0.443 e. The van der Waals surface area contributed by atoms with E-state index in [1.165, 1.54) is 11.3 Å². The third kappa shape index (κ3) is 4.66. The molecule has 0 aliphatic carbocycles. The maximum absolute atomic E-state index is 12.4. The molecule has 126 valence electrons. The number of hydrogen-bond donors (Lipinski definition) is 2. The fourth-order valence-corrected chi connectivity index (χ4v) is 2.74. The van der Waals surface area contributed by atoms with E-state index in [9.17, 15) is 14.4 Å². The second-order valence-electron chi connectivity index (χ2n) is 4.96. The fraction of sp³-hybridized carbons (Fsp3) is 0.235. The van der Waals surface area contributed by atoms with Crippen LogP contribution in [-0.4, -0.2) is 24.5 Å². The zero-order chi connectivity index (χ0) is 17.5. The number of ether oxygens (including phenoxy) is 1. The molecule has 1 atom stereocenters. The van der Waals surface area contributed by atoms with Crippen LogP contribution in [0.4, 0.5) is 4.79 Å². The predicted octanol–water partition coefficient (Wildman–Crippen LogP) is 2.80. The van der Waals surface area contributed by atoms with Crippen molar-refractivity contribution in [2.45, 2.75) is 20.0 Å². The molecule has 0 radical (unpaired) electrons. The molecule has 1 aromatic carbocycles. The zero-order valence-electron chi connectivity index (χ0n) is 13.4. The van der Waals surface area contributed by atoms with Crippen LogP contribution in [0.1, 0.15) is 33.1 Å². The van der Waals surface area contributed by atoms with Gasteiger partial charge in [-0.05, 0) is 26.0 Å². The van der Waals surface area contributed by atoms with Crippen LogP contribution in [-0.2, 0) is 9.53 Å². The van der Waals surface area contributed by atoms with Gasteiger partial charge in [-0.3, -0.25) is 10.1 Å². The zero-order valence-corrected chi connectivity index (χ0v) is 14.2. The van der Waals surface area contributed by atoms with Crippen LogP contribution < -0.4 is 10.6 Å². The van der Waals surface area contributed by atoms with Crippen LogP contribution in [0.2, 0.25) is 0 Å². The Balaban J connectivity index is 2.18. The van der Waals surface area contributed by atoms with Crippen molar-refractivity contribution in [1.29, 1.82) is 0 Å². The molecule has 0 unspecified atom stereocenters. The van der Waals surface area contributed by atoms with Gasteiger partial charge in [0.05, 0.1) is 0 Å². The minimum atomic E-state index is -1.20. The van der Waals surface area contributed by atoms with Gasteiger partial charge in [0.25, 0.3) is 5.91 Å². The number of carbonyl (C=O) groups excluding carboxylic acids is 3. The summed E-state index contributed by atoms with van der Waals surface area (Å²) in [6.45, 7) is 3.99. The molecule has 2 N–H and O–H groups in total. The number of hydrogen-bond acceptors (Lipinski definition) is 5. The first-order chi connectivity index (χ1) is 11.5. The molecule has 6 nitrogen and oxygen atoms in total. The Morgan fingerprint density at radius 3 is 2.42 bits per heavy atom. The van der Waals surface area contributed by atoms with Crippen molar-refractivity contribution in [2.75, 3.05) is 6.54 Å². The Bertz CT molecular complexity index is 727. The van der Waals surface area contributed by atoms with E-state index in [1.807, 2.05) is 6.92 Å². The number of carbonyl (C=O) groups is 3. The molecule has 0 aliphatic heterocycles. The lowest BCUT2D eigenvalue weighted by molar-refractivity contribution is -0.129. The second-order valence-corrected chi connectivity index (χ2v) is 6.24. The molecule has 7 heteroatoms. The van der Waals surface area contributed by atoms with E-state index >= 15 is 0 Å². The smallest absolute Gasteiger partial charge is 0.349 e. The summed E-state index contributed by atoms with van der Waals surface area (Å²) in [5.41, 5.74) is 0.487. The SMILES string of the molecule is CCNC(=O)NC(=O)[C@H](OC(=O)c1ccc(C)s1)c1ccccc1. The Labute approximate surface area is 143 Å². The van der Waals surface area contributed by atoms with Gasteiger partial charge in [-0.15, -0.1) is 11.3 Å². The molecule has 1 aromatic heterocycles. The number of nitrogens with one attached hydrogen (secondary N) is 2. The first kappa shape index (κ1) is 17.7. The minimum Gasteiger partial charge on any atom is -0.443 e. The summed E-state index contributed by atoms with van der Waals surface area (Å²) < 4.78 is 5.36. The van der Waals surface area contributed by atoms with Gasteiger partial charge in [0.1, 0.15) is 4.88 Å². The topological polar surface area (TPSA) is 84.5 Å². The van der Waals surface area contributed by atoms with Crippen molar-refractivity contribution >= 4 is 29.2 Å². The normalized spacial score (nSPS) is 11.4. The molecule has 0 aliphatic rings. The van der Waals surface area contributed by atoms with Gasteiger partial charge in [-0.1, -0.05) is 30.3 Å². The van der Waals surface area contributed by atoms with Crippen molar-refractivity contribution in [3.8, 4) is 0 Å². The molecular formula is C17H18N2O4S. The highest BCUT2D eigenvalue weighted by Gasteiger charge is 2.27. The number of benzene rings is 1. The van der Waals surface area contributed by atoms with Crippen molar-refractivity contribution in [1.82, 2.24) is 10.6 Å². The molecule has 0 spiro atoms. The average molecular weight is 346 g/mol. The molecule has 1 heterocycles. The summed E-state index contributed by atoms with van der Waals surface area (Å²) in [6, 6.07) is 11.4. The van der Waals surface area contributed by atoms with Crippen LogP contribution >= 0.6 is 11.3 Å². The summed E-state index contributed by atoms with van der Waals surface area (Å²) in [5, 5.41) is 4.64. The molecule has 0 saturated heterocycles. The summed E-state index contributed by atoms with van der Waals surface area (Å²) >= 11 is 1.28. The summed E-state index contributed by atoms with van der Waals surface area (Å²) in [7, 11) is 0. The molecule has 0 saturated carbocycles. The number of rotatable bonds is 5. The van der Waals surface area contributed by atoms with E-state index in [2.05, 4.69) is 10.6 Å². The second kappa shape index (κ2) is 8.26. The number of esters is 1. The van der Waals surface area contributed by atoms with E-state index in [1.54, 1.807) is 49.4 Å². The van der Waals surface area contributed by atoms with Crippen LogP contribution in [0.15, 0.2) is 42.5 Å². The summed E-state index contributed by atoms with van der Waals surface area (Å²) in [4.78, 5) is 37.6. The van der Waals surface area contributed by atoms with Gasteiger partial charge in [0, 0.05) is 17.0 Å². The lowest BCUT2D eigenvalue weighted by Gasteiger charge is -2.17. The summed E-state index contributed by atoms with van der Waals surface area (Å²) in [6.07, 6.45) is -1.20. The highest BCUT2D eigenvalue weighted by Crippen LogP contribution is 2.22. The monoisotopic (exact) mass is 346 g/mol. The van der Waals surface area contributed by atoms with E-state index in [4.69, 9.17) is 4.74 Å². The van der Waals surface area contributed by atoms with E-state index < -0.39 is 24.0 Å². The van der Waals surface area contributed by atoms with Gasteiger partial charge in [-0.2, -0.15) is 0 Å². The van der Waals surface area contributed by atoms with Gasteiger partial charge >= 0.3 is 12.0 Å². The Morgan fingerprint density at radius 1 is 1.12 bits per heavy atom. The highest BCUT2D eigenvalue weighted by molar-refractivity contribution is 7.13. The first-order valence-electron chi connectivity index (χ1n) is 7.42. The van der Waals surface area contributed by atoms with Gasteiger partial charge < -0.3 is 10.1 Å². The third-order valence-electron chi connectivity index (χ3n) is 3.08. The molecule has 2 aromatic rings. The first-order valence-corrected chi connectivity index (χ1v) is 8.24. The molecule has 0 bridgehead atoms. The van der Waals surface area contributed by atoms with Crippen molar-refractivity contribution in [2.24, 2.45) is 0 Å². The van der Waals surface area contributed by atoms with Gasteiger partial charge in [0.2, 0.25) is 6.10 Å². The predicted molar refractivity (Wildman–Crippen MR) is 90.9 cm³/mol. The molecular weight excluding hydrogens is 328 g/mol. The maximum Gasteiger partial charge on any atom is 0.349 e. The van der Waals surface area contributed by atoms with E-state index in [-0.39, 0.29) is 0 Å². The van der Waals surface area contributed by atoms with Crippen molar-refractivity contribution in [3.05, 3.63) is 57.8 Å². The molecule has 0 fully saturated rings. The van der Waals surface area contributed by atoms with Crippen molar-refractivity contribution < 1.29 is 19.1 Å². The van der Waals surface area contributed by atoms with E-state index in [0.717, 1.165) is 4.88 Å².